The molecule has 2 rings (SSSR count). The molecule has 3 N–H and O–H groups in total. The molecule has 1 saturated heterocycles. The summed E-state index contributed by atoms with van der Waals surface area (Å²) in [6.07, 6.45) is -6.91. The van der Waals surface area contributed by atoms with Crippen LogP contribution in [0.4, 0.5) is 4.39 Å². The van der Waals surface area contributed by atoms with E-state index in [2.05, 4.69) is 0 Å². The van der Waals surface area contributed by atoms with E-state index in [1.54, 1.807) is 0 Å². The number of carbonyl (C=O) groups excluding carboxylic acids is 2. The monoisotopic (exact) mass is 344 g/mol. The minimum atomic E-state index is -2.86. The molecule has 1 unspecified atom stereocenters. The quantitative estimate of drug-likeness (QED) is 0.595. The molecular weight excluding hydrogens is 327 g/mol. The van der Waals surface area contributed by atoms with Crippen LogP contribution in [0, 0.1) is 6.92 Å². The number of Topliss-reactive ketones (excluding diaryl/α,β-unsaturated/α-hetero) is 2. The first-order valence-electron chi connectivity index (χ1n) is 7.08. The lowest BCUT2D eigenvalue weighted by Crippen LogP contribution is -2.56. The minimum absolute atomic E-state index is 0.0575. The van der Waals surface area contributed by atoms with Crippen molar-refractivity contribution >= 4 is 11.6 Å². The van der Waals surface area contributed by atoms with Gasteiger partial charge in [-0.2, -0.15) is 0 Å². The summed E-state index contributed by atoms with van der Waals surface area (Å²) in [5.41, 5.74) is -4.53. The van der Waals surface area contributed by atoms with Gasteiger partial charge >= 0.3 is 5.69 Å². The maximum atomic E-state index is 14.8. The highest BCUT2D eigenvalue weighted by atomic mass is 19.1. The highest BCUT2D eigenvalue weighted by molar-refractivity contribution is 5.97. The second-order valence-electron chi connectivity index (χ2n) is 5.75. The Morgan fingerprint density at radius 1 is 1.46 bits per heavy atom. The van der Waals surface area contributed by atoms with E-state index < -0.39 is 53.0 Å². The molecule has 10 heteroatoms. The van der Waals surface area contributed by atoms with Crippen molar-refractivity contribution in [2.75, 3.05) is 0 Å². The van der Waals surface area contributed by atoms with Crippen molar-refractivity contribution in [3.8, 4) is 0 Å². The van der Waals surface area contributed by atoms with E-state index in [0.717, 1.165) is 20.0 Å². The largest absolute Gasteiger partial charge is 0.386 e. The summed E-state index contributed by atoms with van der Waals surface area (Å²) in [4.78, 5) is 48.9. The lowest BCUT2D eigenvalue weighted by molar-refractivity contribution is -0.158. The molecule has 0 bridgehead atoms. The second kappa shape index (κ2) is 6.04. The smallest absolute Gasteiger partial charge is 0.330 e. The highest BCUT2D eigenvalue weighted by Crippen LogP contribution is 2.40. The third-order valence-corrected chi connectivity index (χ3v) is 4.00. The Balaban J connectivity index is 2.58. The number of rotatable bonds is 4. The Kier molecular flexibility index (Phi) is 4.57. The molecule has 0 aromatic carbocycles. The molecule has 1 aromatic heterocycles. The zero-order chi connectivity index (χ0) is 18.4. The number of aliphatic hydroxyl groups excluding tert-OH is 1. The number of aryl methyl sites for hydroxylation is 1. The number of carbonyl (C=O) groups is 2. The van der Waals surface area contributed by atoms with Gasteiger partial charge in [-0.3, -0.25) is 23.9 Å². The Labute approximate surface area is 134 Å². The SMILES string of the molecule is CC(=O)[C@@]1(O)[C@@H](C(=O)C(C)O)O[C@@H](n2cc(C)c(=O)[nH]c2=O)[C@@H]1F. The Hall–Kier alpha value is -2.17. The topological polar surface area (TPSA) is 139 Å². The molecule has 0 radical (unpaired) electrons. The van der Waals surface area contributed by atoms with Gasteiger partial charge in [0.25, 0.3) is 5.56 Å². The molecule has 0 amide bonds. The van der Waals surface area contributed by atoms with E-state index >= 15 is 0 Å². The molecule has 1 aliphatic rings. The maximum Gasteiger partial charge on any atom is 0.330 e. The Morgan fingerprint density at radius 2 is 2.04 bits per heavy atom. The first kappa shape index (κ1) is 18.2. The Morgan fingerprint density at radius 3 is 2.54 bits per heavy atom. The average molecular weight is 344 g/mol. The molecule has 9 nitrogen and oxygen atoms in total. The van der Waals surface area contributed by atoms with Crippen LogP contribution < -0.4 is 11.2 Å². The van der Waals surface area contributed by atoms with Gasteiger partial charge in [-0.05, 0) is 20.8 Å². The zero-order valence-electron chi connectivity index (χ0n) is 13.1. The molecule has 24 heavy (non-hydrogen) atoms. The Bertz CT molecular complexity index is 799. The number of hydrogen-bond acceptors (Lipinski definition) is 7. The number of nitrogens with zero attached hydrogens (tertiary/aromatic N) is 1. The molecule has 2 heterocycles. The fraction of sp³-hybridized carbons (Fsp3) is 0.571. The van der Waals surface area contributed by atoms with Crippen LogP contribution in [-0.2, 0) is 14.3 Å². The molecule has 1 aliphatic heterocycles. The van der Waals surface area contributed by atoms with Gasteiger partial charge in [-0.25, -0.2) is 9.18 Å². The van der Waals surface area contributed by atoms with Gasteiger partial charge < -0.3 is 14.9 Å². The molecule has 1 aromatic rings. The summed E-state index contributed by atoms with van der Waals surface area (Å²) in [6.45, 7) is 3.29. The molecule has 5 atom stereocenters. The van der Waals surface area contributed by atoms with Gasteiger partial charge in [0.2, 0.25) is 0 Å². The molecule has 132 valence electrons. The van der Waals surface area contributed by atoms with Crippen molar-refractivity contribution in [1.82, 2.24) is 9.55 Å². The standard InChI is InChI=1S/C14H17FN2O7/c1-5-4-17(13(22)16-11(5)21)12-9(15)14(23,7(3)19)10(24-12)8(20)6(2)18/h4,6,9-10,12,18,23H,1-3H3,(H,16,21,22)/t6?,9-,10+,12+,14-/m0/s1. The number of halogens is 1. The van der Waals surface area contributed by atoms with E-state index in [0.29, 0.717) is 4.57 Å². The predicted molar refractivity (Wildman–Crippen MR) is 77.2 cm³/mol. The minimum Gasteiger partial charge on any atom is -0.386 e. The third-order valence-electron chi connectivity index (χ3n) is 4.00. The van der Waals surface area contributed by atoms with Crippen molar-refractivity contribution in [2.24, 2.45) is 0 Å². The number of nitrogens with one attached hydrogen (secondary N) is 1. The van der Waals surface area contributed by atoms with Crippen LogP contribution in [0.25, 0.3) is 0 Å². The average Bonchev–Trinajstić information content (AvgIpc) is 2.76. The molecule has 0 saturated carbocycles. The van der Waals surface area contributed by atoms with Gasteiger partial charge in [-0.1, -0.05) is 0 Å². The number of aromatic amines is 1. The van der Waals surface area contributed by atoms with Crippen molar-refractivity contribution in [1.29, 1.82) is 0 Å². The van der Waals surface area contributed by atoms with Crippen LogP contribution in [0.5, 0.6) is 0 Å². The van der Waals surface area contributed by atoms with Crippen molar-refractivity contribution < 1.29 is 28.9 Å². The fourth-order valence-electron chi connectivity index (χ4n) is 2.54. The normalized spacial score (nSPS) is 31.0. The van der Waals surface area contributed by atoms with E-state index in [9.17, 15) is 33.8 Å². The molecule has 0 aliphatic carbocycles. The second-order valence-corrected chi connectivity index (χ2v) is 5.75. The van der Waals surface area contributed by atoms with Gasteiger partial charge in [0, 0.05) is 11.8 Å². The summed E-state index contributed by atoms with van der Waals surface area (Å²) in [5.74, 6) is -2.20. The van der Waals surface area contributed by atoms with Crippen LogP contribution in [0.2, 0.25) is 0 Å². The van der Waals surface area contributed by atoms with Crippen molar-refractivity contribution in [2.45, 2.75) is 51.0 Å². The predicted octanol–water partition coefficient (Wildman–Crippen LogP) is -1.65. The lowest BCUT2D eigenvalue weighted by atomic mass is 9.86. The van der Waals surface area contributed by atoms with Crippen molar-refractivity contribution in [3.63, 3.8) is 0 Å². The third kappa shape index (κ3) is 2.62. The van der Waals surface area contributed by atoms with E-state index in [4.69, 9.17) is 4.74 Å². The van der Waals surface area contributed by atoms with Crippen LogP contribution in [-0.4, -0.2) is 55.3 Å². The summed E-state index contributed by atoms with van der Waals surface area (Å²) in [5, 5.41) is 19.8. The van der Waals surface area contributed by atoms with Gasteiger partial charge in [0.15, 0.2) is 35.7 Å². The van der Waals surface area contributed by atoms with Crippen molar-refractivity contribution in [3.05, 3.63) is 32.6 Å². The van der Waals surface area contributed by atoms with Crippen LogP contribution in [0.3, 0.4) is 0 Å². The first-order valence-corrected chi connectivity index (χ1v) is 7.08. The number of ketones is 2. The van der Waals surface area contributed by atoms with E-state index in [-0.39, 0.29) is 5.56 Å². The lowest BCUT2D eigenvalue weighted by Gasteiger charge is -2.26. The zero-order valence-corrected chi connectivity index (χ0v) is 13.1. The number of ether oxygens (including phenoxy) is 1. The summed E-state index contributed by atoms with van der Waals surface area (Å²) in [7, 11) is 0. The number of hydrogen-bond donors (Lipinski definition) is 3. The summed E-state index contributed by atoms with van der Waals surface area (Å²) < 4.78 is 20.5. The highest BCUT2D eigenvalue weighted by Gasteiger charge is 2.63. The number of H-pyrrole nitrogens is 1. The molecule has 0 spiro atoms. The number of aromatic nitrogens is 2. The summed E-state index contributed by atoms with van der Waals surface area (Å²) in [6, 6.07) is 0. The molecular formula is C14H17FN2O7. The van der Waals surface area contributed by atoms with Crippen LogP contribution in [0.1, 0.15) is 25.6 Å². The number of alkyl halides is 1. The van der Waals surface area contributed by atoms with Crippen LogP contribution in [0.15, 0.2) is 15.8 Å². The number of aliphatic hydroxyl groups is 2. The first-order chi connectivity index (χ1) is 11.0. The fourth-order valence-corrected chi connectivity index (χ4v) is 2.54. The van der Waals surface area contributed by atoms with Gasteiger partial charge in [0.1, 0.15) is 6.10 Å². The van der Waals surface area contributed by atoms with E-state index in [1.807, 2.05) is 4.98 Å². The summed E-state index contributed by atoms with van der Waals surface area (Å²) >= 11 is 0. The maximum absolute atomic E-state index is 14.8. The van der Waals surface area contributed by atoms with Gasteiger partial charge in [0.05, 0.1) is 0 Å². The van der Waals surface area contributed by atoms with Crippen LogP contribution >= 0.6 is 0 Å². The molecule has 1 fully saturated rings. The van der Waals surface area contributed by atoms with Gasteiger partial charge in [-0.15, -0.1) is 0 Å². The van der Waals surface area contributed by atoms with E-state index in [1.165, 1.54) is 6.92 Å².